The maximum atomic E-state index is 11.7. The van der Waals surface area contributed by atoms with E-state index < -0.39 is 0 Å². The smallest absolute Gasteiger partial charge is 0.244 e. The number of thioether (sulfide) groups is 1. The molecule has 22 heavy (non-hydrogen) atoms. The van der Waals surface area contributed by atoms with Gasteiger partial charge in [0, 0.05) is 28.4 Å². The van der Waals surface area contributed by atoms with E-state index in [0.717, 1.165) is 22.8 Å². The van der Waals surface area contributed by atoms with Gasteiger partial charge in [0.1, 0.15) is 5.76 Å². The van der Waals surface area contributed by atoms with Crippen LogP contribution in [0.4, 0.5) is 0 Å². The minimum atomic E-state index is -0.149. The van der Waals surface area contributed by atoms with Crippen molar-refractivity contribution >= 4 is 46.9 Å². The Morgan fingerprint density at radius 3 is 2.91 bits per heavy atom. The molecule has 0 aliphatic carbocycles. The van der Waals surface area contributed by atoms with Crippen molar-refractivity contribution in [3.63, 3.8) is 0 Å². The monoisotopic (exact) mass is 355 g/mol. The molecule has 0 aliphatic rings. The van der Waals surface area contributed by atoms with Gasteiger partial charge in [-0.3, -0.25) is 4.79 Å². The summed E-state index contributed by atoms with van der Waals surface area (Å²) in [4.78, 5) is 11.7. The highest BCUT2D eigenvalue weighted by Gasteiger charge is 2.00. The highest BCUT2D eigenvalue weighted by Crippen LogP contribution is 2.21. The molecule has 0 saturated heterocycles. The van der Waals surface area contributed by atoms with Crippen LogP contribution >= 0.6 is 35.0 Å². The molecular formula is C16H15Cl2NO2S. The molecule has 2 aromatic rings. The van der Waals surface area contributed by atoms with Crippen LogP contribution in [-0.2, 0) is 10.5 Å². The molecule has 1 aromatic carbocycles. The van der Waals surface area contributed by atoms with Gasteiger partial charge in [-0.2, -0.15) is 11.8 Å². The third-order valence-electron chi connectivity index (χ3n) is 2.75. The van der Waals surface area contributed by atoms with Crippen LogP contribution in [0.2, 0.25) is 10.0 Å². The highest BCUT2D eigenvalue weighted by molar-refractivity contribution is 7.98. The average molecular weight is 356 g/mol. The molecule has 0 unspecified atom stereocenters. The molecule has 2 rings (SSSR count). The summed E-state index contributed by atoms with van der Waals surface area (Å²) in [7, 11) is 0. The summed E-state index contributed by atoms with van der Waals surface area (Å²) in [5.74, 6) is 2.42. The van der Waals surface area contributed by atoms with Crippen LogP contribution < -0.4 is 5.32 Å². The first kappa shape index (κ1) is 17.0. The summed E-state index contributed by atoms with van der Waals surface area (Å²) in [6, 6.07) is 8.95. The summed E-state index contributed by atoms with van der Waals surface area (Å²) in [5, 5.41) is 3.91. The second-order valence-electron chi connectivity index (χ2n) is 4.42. The third-order valence-corrected chi connectivity index (χ3v) is 4.29. The fourth-order valence-electron chi connectivity index (χ4n) is 1.67. The number of amides is 1. The molecule has 0 saturated carbocycles. The van der Waals surface area contributed by atoms with E-state index in [1.807, 2.05) is 12.1 Å². The Bertz CT molecular complexity index is 642. The van der Waals surface area contributed by atoms with Gasteiger partial charge in [0.2, 0.25) is 5.91 Å². The summed E-state index contributed by atoms with van der Waals surface area (Å²) in [6.07, 6.45) is 4.79. The molecular weight excluding hydrogens is 341 g/mol. The van der Waals surface area contributed by atoms with E-state index in [-0.39, 0.29) is 5.91 Å². The Balaban J connectivity index is 1.68. The van der Waals surface area contributed by atoms with E-state index in [0.29, 0.717) is 16.6 Å². The topological polar surface area (TPSA) is 42.2 Å². The summed E-state index contributed by atoms with van der Waals surface area (Å²) in [5.41, 5.74) is 0.758. The van der Waals surface area contributed by atoms with Crippen molar-refractivity contribution in [2.24, 2.45) is 0 Å². The van der Waals surface area contributed by atoms with E-state index >= 15 is 0 Å². The van der Waals surface area contributed by atoms with Crippen molar-refractivity contribution in [2.75, 3.05) is 12.3 Å². The molecule has 1 N–H and O–H groups in total. The number of hydrogen-bond acceptors (Lipinski definition) is 3. The SMILES string of the molecule is O=C(/C=C/c1ccc(Cl)cc1Cl)NCCSCc1ccco1. The van der Waals surface area contributed by atoms with Crippen LogP contribution in [0.3, 0.4) is 0 Å². The van der Waals surface area contributed by atoms with E-state index in [4.69, 9.17) is 27.6 Å². The van der Waals surface area contributed by atoms with Crippen LogP contribution in [0, 0.1) is 0 Å². The zero-order valence-corrected chi connectivity index (χ0v) is 14.0. The lowest BCUT2D eigenvalue weighted by Gasteiger charge is -2.02. The van der Waals surface area contributed by atoms with Gasteiger partial charge in [-0.25, -0.2) is 0 Å². The van der Waals surface area contributed by atoms with Gasteiger partial charge in [0.05, 0.1) is 12.0 Å². The predicted octanol–water partition coefficient (Wildman–Crippen LogP) is 4.65. The minimum Gasteiger partial charge on any atom is -0.468 e. The molecule has 1 heterocycles. The van der Waals surface area contributed by atoms with E-state index in [9.17, 15) is 4.79 Å². The normalized spacial score (nSPS) is 11.0. The summed E-state index contributed by atoms with van der Waals surface area (Å²) in [6.45, 7) is 0.600. The van der Waals surface area contributed by atoms with Crippen molar-refractivity contribution in [1.29, 1.82) is 0 Å². The van der Waals surface area contributed by atoms with E-state index in [2.05, 4.69) is 5.32 Å². The Morgan fingerprint density at radius 2 is 2.18 bits per heavy atom. The van der Waals surface area contributed by atoms with Crippen LogP contribution in [0.25, 0.3) is 6.08 Å². The van der Waals surface area contributed by atoms with Crippen LogP contribution in [0.15, 0.2) is 47.1 Å². The molecule has 0 bridgehead atoms. The zero-order valence-electron chi connectivity index (χ0n) is 11.7. The summed E-state index contributed by atoms with van der Waals surface area (Å²) < 4.78 is 5.23. The van der Waals surface area contributed by atoms with Gasteiger partial charge in [0.15, 0.2) is 0 Å². The highest BCUT2D eigenvalue weighted by atomic mass is 35.5. The van der Waals surface area contributed by atoms with Gasteiger partial charge in [-0.05, 0) is 35.9 Å². The van der Waals surface area contributed by atoms with E-state index in [1.165, 1.54) is 6.08 Å². The van der Waals surface area contributed by atoms with Gasteiger partial charge in [0.25, 0.3) is 0 Å². The quantitative estimate of drug-likeness (QED) is 0.580. The molecule has 1 amide bonds. The number of hydrogen-bond donors (Lipinski definition) is 1. The Morgan fingerprint density at radius 1 is 1.32 bits per heavy atom. The number of carbonyl (C=O) groups excluding carboxylic acids is 1. The first-order chi connectivity index (χ1) is 10.6. The van der Waals surface area contributed by atoms with E-state index in [1.54, 1.807) is 42.3 Å². The number of halogens is 2. The number of carbonyl (C=O) groups is 1. The molecule has 0 radical (unpaired) electrons. The maximum absolute atomic E-state index is 11.7. The van der Waals surface area contributed by atoms with Gasteiger partial charge in [-0.15, -0.1) is 0 Å². The maximum Gasteiger partial charge on any atom is 0.244 e. The number of nitrogens with one attached hydrogen (secondary N) is 1. The number of rotatable bonds is 7. The second kappa shape index (κ2) is 8.93. The fraction of sp³-hybridized carbons (Fsp3) is 0.188. The molecule has 0 fully saturated rings. The minimum absolute atomic E-state index is 0.149. The largest absolute Gasteiger partial charge is 0.468 e. The van der Waals surface area contributed by atoms with Crippen LogP contribution in [-0.4, -0.2) is 18.2 Å². The molecule has 0 spiro atoms. The molecule has 1 aromatic heterocycles. The lowest BCUT2D eigenvalue weighted by atomic mass is 10.2. The Kier molecular flexibility index (Phi) is 6.90. The fourth-order valence-corrected chi connectivity index (χ4v) is 2.90. The van der Waals surface area contributed by atoms with Crippen molar-refractivity contribution in [3.05, 3.63) is 64.0 Å². The zero-order chi connectivity index (χ0) is 15.8. The molecule has 6 heteroatoms. The van der Waals surface area contributed by atoms with Crippen molar-refractivity contribution in [1.82, 2.24) is 5.32 Å². The lowest BCUT2D eigenvalue weighted by molar-refractivity contribution is -0.116. The number of furan rings is 1. The summed E-state index contributed by atoms with van der Waals surface area (Å²) >= 11 is 13.5. The Labute approximate surface area is 143 Å². The molecule has 3 nitrogen and oxygen atoms in total. The second-order valence-corrected chi connectivity index (χ2v) is 6.37. The standard InChI is InChI=1S/C16H15Cl2NO2S/c17-13-5-3-12(15(18)10-13)4-6-16(20)19-7-9-22-11-14-2-1-8-21-14/h1-6,8,10H,7,9,11H2,(H,19,20)/b6-4+. The van der Waals surface area contributed by atoms with Crippen molar-refractivity contribution in [3.8, 4) is 0 Å². The van der Waals surface area contributed by atoms with Crippen molar-refractivity contribution in [2.45, 2.75) is 5.75 Å². The van der Waals surface area contributed by atoms with Crippen LogP contribution in [0.1, 0.15) is 11.3 Å². The molecule has 0 aliphatic heterocycles. The molecule has 116 valence electrons. The first-order valence-corrected chi connectivity index (χ1v) is 8.57. The third kappa shape index (κ3) is 5.79. The van der Waals surface area contributed by atoms with Gasteiger partial charge >= 0.3 is 0 Å². The average Bonchev–Trinajstić information content (AvgIpc) is 2.99. The predicted molar refractivity (Wildman–Crippen MR) is 93.4 cm³/mol. The van der Waals surface area contributed by atoms with Gasteiger partial charge < -0.3 is 9.73 Å². The van der Waals surface area contributed by atoms with Gasteiger partial charge in [-0.1, -0.05) is 29.3 Å². The first-order valence-electron chi connectivity index (χ1n) is 6.66. The Hall–Kier alpha value is -1.36. The number of benzene rings is 1. The van der Waals surface area contributed by atoms with Crippen LogP contribution in [0.5, 0.6) is 0 Å². The lowest BCUT2D eigenvalue weighted by Crippen LogP contribution is -2.23. The van der Waals surface area contributed by atoms with Crippen molar-refractivity contribution < 1.29 is 9.21 Å². The molecule has 0 atom stereocenters.